The second-order valence-electron chi connectivity index (χ2n) is 3.81. The van der Waals surface area contributed by atoms with Gasteiger partial charge in [0.25, 0.3) is 0 Å². The normalized spacial score (nSPS) is 20.5. The second-order valence-corrected chi connectivity index (χ2v) is 4.55. The Morgan fingerprint density at radius 3 is 2.58 bits per heavy atom. The minimum atomic E-state index is 0.365. The molecule has 1 aromatic rings. The molecule has 1 nitrogen and oxygen atoms in total. The Kier molecular flexibility index (Phi) is 1.97. The molecule has 0 amide bonds. The van der Waals surface area contributed by atoms with Gasteiger partial charge in [0, 0.05) is 12.0 Å². The molecule has 66 valence electrons. The van der Waals surface area contributed by atoms with Crippen LogP contribution in [0, 0.1) is 6.92 Å². The van der Waals surface area contributed by atoms with Crippen molar-refractivity contribution < 1.29 is 0 Å². The van der Waals surface area contributed by atoms with Crippen molar-refractivity contribution in [2.24, 2.45) is 5.73 Å². The molecule has 1 aromatic heterocycles. The quantitative estimate of drug-likeness (QED) is 0.745. The van der Waals surface area contributed by atoms with Crippen molar-refractivity contribution in [3.63, 3.8) is 0 Å². The molecule has 0 unspecified atom stereocenters. The Morgan fingerprint density at radius 1 is 1.50 bits per heavy atom. The molecule has 2 N–H and O–H groups in total. The summed E-state index contributed by atoms with van der Waals surface area (Å²) in [5.74, 6) is 0. The SMILES string of the molecule is Cc1cscc1C1(CN)CCC1. The number of rotatable bonds is 2. The van der Waals surface area contributed by atoms with Crippen molar-refractivity contribution in [2.45, 2.75) is 31.6 Å². The highest BCUT2D eigenvalue weighted by atomic mass is 32.1. The van der Waals surface area contributed by atoms with Gasteiger partial charge >= 0.3 is 0 Å². The zero-order valence-electron chi connectivity index (χ0n) is 7.47. The molecular weight excluding hydrogens is 166 g/mol. The zero-order chi connectivity index (χ0) is 8.60. The lowest BCUT2D eigenvalue weighted by Gasteiger charge is -2.41. The third-order valence-corrected chi connectivity index (χ3v) is 3.99. The maximum atomic E-state index is 5.83. The van der Waals surface area contributed by atoms with Gasteiger partial charge in [0.05, 0.1) is 0 Å². The molecule has 2 rings (SSSR count). The zero-order valence-corrected chi connectivity index (χ0v) is 8.29. The van der Waals surface area contributed by atoms with Gasteiger partial charge in [-0.25, -0.2) is 0 Å². The number of thiophene rings is 1. The first-order chi connectivity index (χ1) is 5.78. The van der Waals surface area contributed by atoms with Gasteiger partial charge < -0.3 is 5.73 Å². The molecule has 1 aliphatic carbocycles. The topological polar surface area (TPSA) is 26.0 Å². The Hall–Kier alpha value is -0.340. The smallest absolute Gasteiger partial charge is 0.00864 e. The summed E-state index contributed by atoms with van der Waals surface area (Å²) in [7, 11) is 0. The molecule has 1 fully saturated rings. The fourth-order valence-electron chi connectivity index (χ4n) is 2.09. The number of hydrogen-bond donors (Lipinski definition) is 1. The van der Waals surface area contributed by atoms with Gasteiger partial charge in [0.15, 0.2) is 0 Å². The summed E-state index contributed by atoms with van der Waals surface area (Å²) in [5.41, 5.74) is 9.15. The lowest BCUT2D eigenvalue weighted by Crippen LogP contribution is -2.41. The summed E-state index contributed by atoms with van der Waals surface area (Å²) in [6.45, 7) is 3.02. The molecule has 12 heavy (non-hydrogen) atoms. The van der Waals surface area contributed by atoms with Gasteiger partial charge in [-0.1, -0.05) is 6.42 Å². The van der Waals surface area contributed by atoms with Crippen molar-refractivity contribution in [1.82, 2.24) is 0 Å². The average Bonchev–Trinajstić information content (AvgIpc) is 2.36. The van der Waals surface area contributed by atoms with E-state index in [0.717, 1.165) is 6.54 Å². The molecule has 0 radical (unpaired) electrons. The lowest BCUT2D eigenvalue weighted by molar-refractivity contribution is 0.252. The molecule has 1 heterocycles. The Balaban J connectivity index is 2.33. The van der Waals surface area contributed by atoms with E-state index in [4.69, 9.17) is 5.73 Å². The van der Waals surface area contributed by atoms with Gasteiger partial charge in [-0.05, 0) is 41.7 Å². The molecule has 2 heteroatoms. The van der Waals surface area contributed by atoms with Crippen LogP contribution in [-0.2, 0) is 5.41 Å². The first-order valence-electron chi connectivity index (χ1n) is 4.52. The summed E-state index contributed by atoms with van der Waals surface area (Å²) in [6.07, 6.45) is 3.94. The van der Waals surface area contributed by atoms with E-state index in [1.54, 1.807) is 11.3 Å². The summed E-state index contributed by atoms with van der Waals surface area (Å²) >= 11 is 1.80. The summed E-state index contributed by atoms with van der Waals surface area (Å²) < 4.78 is 0. The van der Waals surface area contributed by atoms with Gasteiger partial charge in [0.2, 0.25) is 0 Å². The molecule has 1 aliphatic rings. The Bertz CT molecular complexity index is 268. The predicted molar refractivity (Wildman–Crippen MR) is 53.6 cm³/mol. The van der Waals surface area contributed by atoms with E-state index in [9.17, 15) is 0 Å². The summed E-state index contributed by atoms with van der Waals surface area (Å²) in [4.78, 5) is 0. The van der Waals surface area contributed by atoms with Crippen molar-refractivity contribution in [3.8, 4) is 0 Å². The van der Waals surface area contributed by atoms with E-state index in [0.29, 0.717) is 5.41 Å². The van der Waals surface area contributed by atoms with E-state index < -0.39 is 0 Å². The molecular formula is C10H15NS. The number of hydrogen-bond acceptors (Lipinski definition) is 2. The highest BCUT2D eigenvalue weighted by Gasteiger charge is 2.38. The fraction of sp³-hybridized carbons (Fsp3) is 0.600. The van der Waals surface area contributed by atoms with E-state index in [2.05, 4.69) is 17.7 Å². The highest BCUT2D eigenvalue weighted by Crippen LogP contribution is 2.44. The summed E-state index contributed by atoms with van der Waals surface area (Å²) in [6, 6.07) is 0. The van der Waals surface area contributed by atoms with Crippen LogP contribution >= 0.6 is 11.3 Å². The van der Waals surface area contributed by atoms with E-state index in [1.807, 2.05) is 0 Å². The number of aryl methyl sites for hydroxylation is 1. The molecule has 0 spiro atoms. The van der Waals surface area contributed by atoms with Gasteiger partial charge in [-0.15, -0.1) is 0 Å². The molecule has 1 saturated carbocycles. The molecule has 0 saturated heterocycles. The fourth-order valence-corrected chi connectivity index (χ4v) is 3.06. The maximum absolute atomic E-state index is 5.83. The Morgan fingerprint density at radius 2 is 2.25 bits per heavy atom. The second kappa shape index (κ2) is 2.86. The monoisotopic (exact) mass is 181 g/mol. The van der Waals surface area contributed by atoms with Gasteiger partial charge in [-0.3, -0.25) is 0 Å². The van der Waals surface area contributed by atoms with Crippen molar-refractivity contribution in [3.05, 3.63) is 21.9 Å². The first kappa shape index (κ1) is 8.27. The van der Waals surface area contributed by atoms with Crippen LogP contribution in [0.3, 0.4) is 0 Å². The molecule has 0 aliphatic heterocycles. The van der Waals surface area contributed by atoms with E-state index in [1.165, 1.54) is 30.4 Å². The van der Waals surface area contributed by atoms with Gasteiger partial charge in [0.1, 0.15) is 0 Å². The van der Waals surface area contributed by atoms with Crippen molar-refractivity contribution >= 4 is 11.3 Å². The Labute approximate surface area is 77.6 Å². The maximum Gasteiger partial charge on any atom is 0.00864 e. The van der Waals surface area contributed by atoms with E-state index in [-0.39, 0.29) is 0 Å². The van der Waals surface area contributed by atoms with Crippen LogP contribution in [0.2, 0.25) is 0 Å². The minimum Gasteiger partial charge on any atom is -0.330 e. The van der Waals surface area contributed by atoms with Crippen LogP contribution in [0.4, 0.5) is 0 Å². The molecule has 0 bridgehead atoms. The van der Waals surface area contributed by atoms with Gasteiger partial charge in [-0.2, -0.15) is 11.3 Å². The van der Waals surface area contributed by atoms with Crippen molar-refractivity contribution in [1.29, 1.82) is 0 Å². The third kappa shape index (κ3) is 1.02. The van der Waals surface area contributed by atoms with Crippen LogP contribution < -0.4 is 5.73 Å². The third-order valence-electron chi connectivity index (χ3n) is 3.13. The first-order valence-corrected chi connectivity index (χ1v) is 5.46. The van der Waals surface area contributed by atoms with Crippen LogP contribution in [0.5, 0.6) is 0 Å². The standard InChI is InChI=1S/C10H15NS/c1-8-5-12-6-9(8)10(7-11)3-2-4-10/h5-6H,2-4,7,11H2,1H3. The van der Waals surface area contributed by atoms with E-state index >= 15 is 0 Å². The average molecular weight is 181 g/mol. The lowest BCUT2D eigenvalue weighted by atomic mass is 9.64. The number of nitrogens with two attached hydrogens (primary N) is 1. The largest absolute Gasteiger partial charge is 0.330 e. The predicted octanol–water partition coefficient (Wildman–Crippen LogP) is 2.44. The van der Waals surface area contributed by atoms with Crippen LogP contribution in [0.1, 0.15) is 30.4 Å². The van der Waals surface area contributed by atoms with Crippen LogP contribution in [0.25, 0.3) is 0 Å². The minimum absolute atomic E-state index is 0.365. The molecule has 0 atom stereocenters. The summed E-state index contributed by atoms with van der Waals surface area (Å²) in [5, 5.41) is 4.51. The van der Waals surface area contributed by atoms with Crippen molar-refractivity contribution in [2.75, 3.05) is 6.54 Å². The van der Waals surface area contributed by atoms with Crippen LogP contribution in [0.15, 0.2) is 10.8 Å². The van der Waals surface area contributed by atoms with Crippen LogP contribution in [-0.4, -0.2) is 6.54 Å². The molecule has 0 aromatic carbocycles. The highest BCUT2D eigenvalue weighted by molar-refractivity contribution is 7.08.